The number of carbonyl (C=O) groups is 2. The fourth-order valence-electron chi connectivity index (χ4n) is 3.47. The summed E-state index contributed by atoms with van der Waals surface area (Å²) >= 11 is 4.72. The minimum absolute atomic E-state index is 0.156. The van der Waals surface area contributed by atoms with Crippen molar-refractivity contribution in [3.63, 3.8) is 0 Å². The number of aliphatic carboxylic acids is 1. The van der Waals surface area contributed by atoms with E-state index in [1.807, 2.05) is 61.5 Å². The van der Waals surface area contributed by atoms with Gasteiger partial charge in [0.15, 0.2) is 23.3 Å². The van der Waals surface area contributed by atoms with E-state index in [1.165, 1.54) is 18.9 Å². The van der Waals surface area contributed by atoms with E-state index in [1.54, 1.807) is 23.1 Å². The summed E-state index contributed by atoms with van der Waals surface area (Å²) in [6.45, 7) is 1.90. The van der Waals surface area contributed by atoms with E-state index in [-0.39, 0.29) is 11.7 Å². The predicted octanol–water partition coefficient (Wildman–Crippen LogP) is 6.03. The third-order valence-electron chi connectivity index (χ3n) is 5.22. The molecule has 0 aliphatic carbocycles. The number of amidine groups is 1. The van der Waals surface area contributed by atoms with Crippen molar-refractivity contribution in [2.75, 3.05) is 13.7 Å². The Balaban J connectivity index is 1.69. The molecule has 7 nitrogen and oxygen atoms in total. The lowest BCUT2D eigenvalue weighted by Gasteiger charge is -2.15. The Kier molecular flexibility index (Phi) is 8.12. The van der Waals surface area contributed by atoms with Gasteiger partial charge in [-0.2, -0.15) is 0 Å². The van der Waals surface area contributed by atoms with Gasteiger partial charge in [0.25, 0.3) is 5.91 Å². The van der Waals surface area contributed by atoms with E-state index in [2.05, 4.69) is 15.9 Å². The van der Waals surface area contributed by atoms with E-state index < -0.39 is 12.6 Å². The second-order valence-corrected chi connectivity index (χ2v) is 9.80. The number of rotatable bonds is 8. The molecule has 4 rings (SSSR count). The molecule has 0 radical (unpaired) electrons. The number of carboxylic acids is 1. The third kappa shape index (κ3) is 6.16. The van der Waals surface area contributed by atoms with E-state index in [9.17, 15) is 9.59 Å². The topological polar surface area (TPSA) is 88.4 Å². The number of ether oxygens (including phenoxy) is 2. The van der Waals surface area contributed by atoms with Crippen molar-refractivity contribution in [2.45, 2.75) is 13.5 Å². The lowest BCUT2D eigenvalue weighted by molar-refractivity contribution is -0.139. The first-order valence-corrected chi connectivity index (χ1v) is 12.6. The Bertz CT molecular complexity index is 1340. The SMILES string of the molecule is COc1cc(/C=C2\SC(=Nc3ccc(C)cc3)N(Cc3ccccc3)C2=O)cc(Br)c1OCC(=O)O. The molecule has 0 spiro atoms. The summed E-state index contributed by atoms with van der Waals surface area (Å²) in [5.74, 6) is -0.625. The van der Waals surface area contributed by atoms with Crippen LogP contribution in [0.15, 0.2) is 81.1 Å². The van der Waals surface area contributed by atoms with Crippen LogP contribution in [-0.2, 0) is 16.1 Å². The summed E-state index contributed by atoms with van der Waals surface area (Å²) in [5, 5.41) is 9.52. The van der Waals surface area contributed by atoms with Crippen LogP contribution in [0.2, 0.25) is 0 Å². The zero-order valence-corrected chi connectivity index (χ0v) is 22.0. The van der Waals surface area contributed by atoms with Gasteiger partial charge in [0.05, 0.1) is 28.7 Å². The van der Waals surface area contributed by atoms with Gasteiger partial charge in [-0.25, -0.2) is 9.79 Å². The van der Waals surface area contributed by atoms with Gasteiger partial charge >= 0.3 is 5.97 Å². The molecular weight excluding hydrogens is 544 g/mol. The number of hydrogen-bond acceptors (Lipinski definition) is 6. The first-order chi connectivity index (χ1) is 17.3. The predicted molar refractivity (Wildman–Crippen MR) is 145 cm³/mol. The molecule has 0 unspecified atom stereocenters. The molecule has 3 aromatic carbocycles. The number of hydrogen-bond donors (Lipinski definition) is 1. The van der Waals surface area contributed by atoms with Crippen LogP contribution in [0.1, 0.15) is 16.7 Å². The summed E-state index contributed by atoms with van der Waals surface area (Å²) in [7, 11) is 1.47. The van der Waals surface area contributed by atoms with Crippen LogP contribution < -0.4 is 9.47 Å². The number of nitrogens with zero attached hydrogens (tertiary/aromatic N) is 2. The van der Waals surface area contributed by atoms with Crippen LogP contribution in [0.5, 0.6) is 11.5 Å². The zero-order valence-electron chi connectivity index (χ0n) is 19.6. The van der Waals surface area contributed by atoms with E-state index >= 15 is 0 Å². The fraction of sp³-hybridized carbons (Fsp3) is 0.148. The number of amides is 1. The smallest absolute Gasteiger partial charge is 0.341 e. The minimum Gasteiger partial charge on any atom is -0.493 e. The second-order valence-electron chi connectivity index (χ2n) is 7.93. The number of methoxy groups -OCH3 is 1. The lowest BCUT2D eigenvalue weighted by atomic mass is 10.1. The maximum atomic E-state index is 13.5. The van der Waals surface area contributed by atoms with Gasteiger partial charge in [0.2, 0.25) is 0 Å². The Morgan fingerprint density at radius 2 is 1.86 bits per heavy atom. The molecule has 9 heteroatoms. The van der Waals surface area contributed by atoms with Crippen LogP contribution in [0.25, 0.3) is 6.08 Å². The number of carboxylic acid groups (broad SMARTS) is 1. The zero-order chi connectivity index (χ0) is 25.7. The second kappa shape index (κ2) is 11.5. The van der Waals surface area contributed by atoms with Crippen molar-refractivity contribution in [3.05, 3.63) is 92.8 Å². The van der Waals surface area contributed by atoms with Crippen molar-refractivity contribution in [1.29, 1.82) is 0 Å². The normalized spacial score (nSPS) is 15.5. The van der Waals surface area contributed by atoms with Crippen LogP contribution in [0, 0.1) is 6.92 Å². The molecule has 0 bridgehead atoms. The van der Waals surface area contributed by atoms with Gasteiger partial charge in [0, 0.05) is 0 Å². The van der Waals surface area contributed by atoms with Crippen LogP contribution >= 0.6 is 27.7 Å². The average Bonchev–Trinajstić information content (AvgIpc) is 3.13. The summed E-state index contributed by atoms with van der Waals surface area (Å²) < 4.78 is 11.3. The monoisotopic (exact) mass is 566 g/mol. The number of carbonyl (C=O) groups excluding carboxylic acids is 1. The fourth-order valence-corrected chi connectivity index (χ4v) is 5.05. The highest BCUT2D eigenvalue weighted by Gasteiger charge is 2.33. The van der Waals surface area contributed by atoms with E-state index in [0.717, 1.165) is 16.8 Å². The Morgan fingerprint density at radius 3 is 2.53 bits per heavy atom. The third-order valence-corrected chi connectivity index (χ3v) is 6.82. The highest BCUT2D eigenvalue weighted by Crippen LogP contribution is 2.40. The molecule has 3 aromatic rings. The molecule has 0 aromatic heterocycles. The van der Waals surface area contributed by atoms with Crippen molar-refractivity contribution in [2.24, 2.45) is 4.99 Å². The van der Waals surface area contributed by atoms with Gasteiger partial charge in [-0.3, -0.25) is 9.69 Å². The molecule has 0 saturated carbocycles. The molecule has 1 heterocycles. The molecule has 36 heavy (non-hydrogen) atoms. The van der Waals surface area contributed by atoms with Gasteiger partial charge in [-0.15, -0.1) is 0 Å². The van der Waals surface area contributed by atoms with Crippen LogP contribution in [0.4, 0.5) is 5.69 Å². The van der Waals surface area contributed by atoms with E-state index in [0.29, 0.717) is 32.4 Å². The highest BCUT2D eigenvalue weighted by molar-refractivity contribution is 9.10. The Labute approximate surface area is 221 Å². The number of benzene rings is 3. The Morgan fingerprint density at radius 1 is 1.14 bits per heavy atom. The number of halogens is 1. The molecule has 1 saturated heterocycles. The number of thioether (sulfide) groups is 1. The quantitative estimate of drug-likeness (QED) is 0.335. The summed E-state index contributed by atoms with van der Waals surface area (Å²) in [6, 6.07) is 21.0. The van der Waals surface area contributed by atoms with Crippen LogP contribution in [0.3, 0.4) is 0 Å². The maximum absolute atomic E-state index is 13.5. The molecule has 1 aliphatic heterocycles. The standard InChI is InChI=1S/C27H23BrN2O5S/c1-17-8-10-20(11-9-17)29-27-30(15-18-6-4-3-5-7-18)26(33)23(36-27)14-19-12-21(28)25(22(13-19)34-2)35-16-24(31)32/h3-14H,15-16H2,1-2H3,(H,31,32)/b23-14-,29-27?. The summed E-state index contributed by atoms with van der Waals surface area (Å²) in [4.78, 5) is 31.3. The summed E-state index contributed by atoms with van der Waals surface area (Å²) in [5.41, 5.74) is 3.58. The lowest BCUT2D eigenvalue weighted by Crippen LogP contribution is -2.28. The largest absolute Gasteiger partial charge is 0.493 e. The molecule has 1 amide bonds. The van der Waals surface area contributed by atoms with Gasteiger partial charge in [0.1, 0.15) is 0 Å². The van der Waals surface area contributed by atoms with Gasteiger partial charge in [-0.1, -0.05) is 48.0 Å². The molecule has 1 fully saturated rings. The van der Waals surface area contributed by atoms with Crippen molar-refractivity contribution in [1.82, 2.24) is 4.90 Å². The van der Waals surface area contributed by atoms with Crippen molar-refractivity contribution < 1.29 is 24.2 Å². The summed E-state index contributed by atoms with van der Waals surface area (Å²) in [6.07, 6.45) is 1.76. The van der Waals surface area contributed by atoms with Gasteiger partial charge < -0.3 is 14.6 Å². The average molecular weight is 567 g/mol. The number of aliphatic imine (C=N–C) groups is 1. The molecule has 1 aliphatic rings. The van der Waals surface area contributed by atoms with E-state index in [4.69, 9.17) is 19.6 Å². The maximum Gasteiger partial charge on any atom is 0.341 e. The molecule has 184 valence electrons. The highest BCUT2D eigenvalue weighted by atomic mass is 79.9. The first-order valence-electron chi connectivity index (χ1n) is 11.0. The molecular formula is C27H23BrN2O5S. The Hall–Kier alpha value is -3.56. The van der Waals surface area contributed by atoms with Crippen molar-refractivity contribution >= 4 is 56.5 Å². The molecule has 0 atom stereocenters. The minimum atomic E-state index is -1.10. The van der Waals surface area contributed by atoms with Gasteiger partial charge in [-0.05, 0) is 76.1 Å². The molecule has 1 N–H and O–H groups in total. The first kappa shape index (κ1) is 25.5. The number of aryl methyl sites for hydroxylation is 1. The van der Waals surface area contributed by atoms with Crippen LogP contribution in [-0.4, -0.2) is 40.8 Å². The van der Waals surface area contributed by atoms with Crippen molar-refractivity contribution in [3.8, 4) is 11.5 Å².